The molecule has 0 unspecified atom stereocenters. The summed E-state index contributed by atoms with van der Waals surface area (Å²) in [5, 5.41) is 9.67. The van der Waals surface area contributed by atoms with Gasteiger partial charge in [-0.15, -0.1) is 0 Å². The zero-order valence-corrected chi connectivity index (χ0v) is 11.5. The molecule has 0 spiro atoms. The highest BCUT2D eigenvalue weighted by Gasteiger charge is 2.10. The summed E-state index contributed by atoms with van der Waals surface area (Å²) in [4.78, 5) is 16.1. The number of hydrogen-bond acceptors (Lipinski definition) is 4. The second-order valence-electron chi connectivity index (χ2n) is 4.63. The summed E-state index contributed by atoms with van der Waals surface area (Å²) in [5.74, 6) is 1.18. The lowest BCUT2D eigenvalue weighted by Gasteiger charge is -1.99. The van der Waals surface area contributed by atoms with Gasteiger partial charge in [0, 0.05) is 5.56 Å². The summed E-state index contributed by atoms with van der Waals surface area (Å²) in [6, 6.07) is 11.2. The number of aromatic amines is 1. The van der Waals surface area contributed by atoms with Crippen LogP contribution in [0.25, 0.3) is 11.4 Å². The summed E-state index contributed by atoms with van der Waals surface area (Å²) < 4.78 is 5.01. The van der Waals surface area contributed by atoms with Crippen LogP contribution in [0, 0.1) is 6.92 Å². The van der Waals surface area contributed by atoms with Gasteiger partial charge in [0.15, 0.2) is 11.6 Å². The van der Waals surface area contributed by atoms with Gasteiger partial charge in [-0.1, -0.05) is 29.8 Å². The number of H-pyrrole nitrogens is 1. The number of carbonyl (C=O) groups excluding carboxylic acids is 1. The first-order valence-electron chi connectivity index (χ1n) is 6.52. The van der Waals surface area contributed by atoms with E-state index in [9.17, 15) is 4.79 Å². The van der Waals surface area contributed by atoms with E-state index in [1.54, 1.807) is 12.1 Å². The fourth-order valence-electron chi connectivity index (χ4n) is 1.86. The lowest BCUT2D eigenvalue weighted by Crippen LogP contribution is -2.22. The molecule has 0 aliphatic rings. The average Bonchev–Trinajstić information content (AvgIpc) is 3.17. The minimum absolute atomic E-state index is 0.262. The molecule has 0 radical (unpaired) electrons. The molecule has 2 aromatic heterocycles. The molecule has 106 valence electrons. The normalized spacial score (nSPS) is 10.5. The number of benzene rings is 1. The fraction of sp³-hybridized carbons (Fsp3) is 0.133. The maximum atomic E-state index is 11.7. The monoisotopic (exact) mass is 282 g/mol. The standard InChI is InChI=1S/C15H14N4O2/c1-10-4-6-11(7-5-10)14-17-13(18-19-14)9-16-15(20)12-3-2-8-21-12/h2-8H,9H2,1H3,(H,16,20)(H,17,18,19). The molecule has 0 atom stereocenters. The lowest BCUT2D eigenvalue weighted by molar-refractivity contribution is 0.0922. The van der Waals surface area contributed by atoms with E-state index in [1.807, 2.05) is 31.2 Å². The van der Waals surface area contributed by atoms with Crippen molar-refractivity contribution >= 4 is 5.91 Å². The predicted octanol–water partition coefficient (Wildman–Crippen LogP) is 2.30. The van der Waals surface area contributed by atoms with Gasteiger partial charge in [-0.2, -0.15) is 5.10 Å². The molecule has 21 heavy (non-hydrogen) atoms. The third-order valence-electron chi connectivity index (χ3n) is 3.00. The van der Waals surface area contributed by atoms with Crippen LogP contribution in [0.4, 0.5) is 0 Å². The Morgan fingerprint density at radius 1 is 1.29 bits per heavy atom. The Bertz CT molecular complexity index is 729. The number of furan rings is 1. The quantitative estimate of drug-likeness (QED) is 0.769. The Labute approximate surface area is 121 Å². The van der Waals surface area contributed by atoms with E-state index < -0.39 is 0 Å². The highest BCUT2D eigenvalue weighted by atomic mass is 16.3. The first-order chi connectivity index (χ1) is 10.2. The molecule has 1 amide bonds. The van der Waals surface area contributed by atoms with Crippen molar-refractivity contribution in [1.82, 2.24) is 20.5 Å². The number of rotatable bonds is 4. The first kappa shape index (κ1) is 13.1. The second-order valence-corrected chi connectivity index (χ2v) is 4.63. The van der Waals surface area contributed by atoms with Gasteiger partial charge in [0.05, 0.1) is 12.8 Å². The van der Waals surface area contributed by atoms with Gasteiger partial charge in [-0.25, -0.2) is 4.98 Å². The van der Waals surface area contributed by atoms with E-state index in [4.69, 9.17) is 4.42 Å². The fourth-order valence-corrected chi connectivity index (χ4v) is 1.86. The molecule has 0 aliphatic carbocycles. The summed E-state index contributed by atoms with van der Waals surface area (Å²) in [6.07, 6.45) is 1.46. The van der Waals surface area contributed by atoms with Gasteiger partial charge in [0.2, 0.25) is 0 Å². The third-order valence-corrected chi connectivity index (χ3v) is 3.00. The maximum absolute atomic E-state index is 11.7. The van der Waals surface area contributed by atoms with Gasteiger partial charge in [-0.05, 0) is 19.1 Å². The van der Waals surface area contributed by atoms with Gasteiger partial charge < -0.3 is 9.73 Å². The van der Waals surface area contributed by atoms with Crippen molar-refractivity contribution in [3.05, 3.63) is 59.8 Å². The zero-order valence-electron chi connectivity index (χ0n) is 11.5. The molecule has 6 heteroatoms. The van der Waals surface area contributed by atoms with Crippen LogP contribution in [0.5, 0.6) is 0 Å². The maximum Gasteiger partial charge on any atom is 0.287 e. The summed E-state index contributed by atoms with van der Waals surface area (Å²) in [7, 11) is 0. The molecular formula is C15H14N4O2. The van der Waals surface area contributed by atoms with Crippen LogP contribution in [-0.2, 0) is 6.54 Å². The Kier molecular flexibility index (Phi) is 3.51. The summed E-state index contributed by atoms with van der Waals surface area (Å²) in [5.41, 5.74) is 2.11. The van der Waals surface area contributed by atoms with Crippen molar-refractivity contribution in [2.24, 2.45) is 0 Å². The van der Waals surface area contributed by atoms with Crippen molar-refractivity contribution in [2.45, 2.75) is 13.5 Å². The Hall–Kier alpha value is -2.89. The molecule has 0 aliphatic heterocycles. The lowest BCUT2D eigenvalue weighted by atomic mass is 10.1. The largest absolute Gasteiger partial charge is 0.459 e. The molecule has 3 rings (SSSR count). The van der Waals surface area contributed by atoms with Crippen LogP contribution in [0.2, 0.25) is 0 Å². The number of hydrogen-bond donors (Lipinski definition) is 2. The first-order valence-corrected chi connectivity index (χ1v) is 6.52. The van der Waals surface area contributed by atoms with Crippen molar-refractivity contribution in [3.63, 3.8) is 0 Å². The highest BCUT2D eigenvalue weighted by molar-refractivity contribution is 5.91. The van der Waals surface area contributed by atoms with Gasteiger partial charge in [-0.3, -0.25) is 9.89 Å². The van der Waals surface area contributed by atoms with E-state index in [1.165, 1.54) is 11.8 Å². The van der Waals surface area contributed by atoms with Crippen LogP contribution in [-0.4, -0.2) is 21.1 Å². The summed E-state index contributed by atoms with van der Waals surface area (Å²) >= 11 is 0. The predicted molar refractivity (Wildman–Crippen MR) is 76.4 cm³/mol. The Morgan fingerprint density at radius 2 is 2.10 bits per heavy atom. The molecule has 0 saturated carbocycles. The molecule has 0 fully saturated rings. The topological polar surface area (TPSA) is 83.8 Å². The average molecular weight is 282 g/mol. The van der Waals surface area contributed by atoms with Crippen molar-refractivity contribution < 1.29 is 9.21 Å². The smallest absolute Gasteiger partial charge is 0.287 e. The summed E-state index contributed by atoms with van der Waals surface area (Å²) in [6.45, 7) is 2.29. The molecule has 1 aromatic carbocycles. The van der Waals surface area contributed by atoms with Crippen molar-refractivity contribution in [2.75, 3.05) is 0 Å². The van der Waals surface area contributed by atoms with E-state index in [2.05, 4.69) is 20.5 Å². The molecule has 6 nitrogen and oxygen atoms in total. The van der Waals surface area contributed by atoms with Gasteiger partial charge >= 0.3 is 0 Å². The van der Waals surface area contributed by atoms with Crippen molar-refractivity contribution in [1.29, 1.82) is 0 Å². The number of aromatic nitrogens is 3. The van der Waals surface area contributed by atoms with Crippen LogP contribution in [0.1, 0.15) is 21.9 Å². The van der Waals surface area contributed by atoms with Gasteiger partial charge in [0.25, 0.3) is 5.91 Å². The minimum Gasteiger partial charge on any atom is -0.459 e. The van der Waals surface area contributed by atoms with Gasteiger partial charge in [0.1, 0.15) is 5.82 Å². The van der Waals surface area contributed by atoms with E-state index >= 15 is 0 Å². The van der Waals surface area contributed by atoms with Crippen LogP contribution < -0.4 is 5.32 Å². The van der Waals surface area contributed by atoms with Crippen LogP contribution in [0.3, 0.4) is 0 Å². The number of amides is 1. The minimum atomic E-state index is -0.284. The number of nitrogens with one attached hydrogen (secondary N) is 2. The van der Waals surface area contributed by atoms with E-state index in [0.29, 0.717) is 11.6 Å². The number of aryl methyl sites for hydroxylation is 1. The highest BCUT2D eigenvalue weighted by Crippen LogP contribution is 2.15. The van der Waals surface area contributed by atoms with E-state index in [-0.39, 0.29) is 18.2 Å². The molecule has 2 N–H and O–H groups in total. The SMILES string of the molecule is Cc1ccc(-c2n[nH]c(CNC(=O)c3ccco3)n2)cc1. The Morgan fingerprint density at radius 3 is 2.81 bits per heavy atom. The second kappa shape index (κ2) is 5.62. The van der Waals surface area contributed by atoms with Crippen molar-refractivity contribution in [3.8, 4) is 11.4 Å². The number of nitrogens with zero attached hydrogens (tertiary/aromatic N) is 2. The third kappa shape index (κ3) is 3.00. The molecule has 0 bridgehead atoms. The van der Waals surface area contributed by atoms with Crippen LogP contribution in [0.15, 0.2) is 47.1 Å². The Balaban J connectivity index is 1.65. The molecular weight excluding hydrogens is 268 g/mol. The zero-order chi connectivity index (χ0) is 14.7. The molecule has 3 aromatic rings. The molecule has 0 saturated heterocycles. The number of carbonyl (C=O) groups is 1. The molecule has 2 heterocycles. The van der Waals surface area contributed by atoms with Crippen LogP contribution >= 0.6 is 0 Å². The van der Waals surface area contributed by atoms with E-state index in [0.717, 1.165) is 5.56 Å².